The molecule has 1 saturated heterocycles. The third kappa shape index (κ3) is 14.4. The second-order valence-corrected chi connectivity index (χ2v) is 16.2. The molecular formula is C38H62BBrN6O6. The van der Waals surface area contributed by atoms with Crippen LogP contribution in [0, 0.1) is 0 Å². The van der Waals surface area contributed by atoms with Crippen molar-refractivity contribution < 1.29 is 28.4 Å². The van der Waals surface area contributed by atoms with E-state index < -0.39 is 11.2 Å². The molecule has 0 unspecified atom stereocenters. The number of aromatic nitrogens is 2. The second kappa shape index (κ2) is 18.9. The molecule has 2 aromatic rings. The van der Waals surface area contributed by atoms with Crippen LogP contribution in [-0.4, -0.2) is 87.7 Å². The number of pyridine rings is 2. The van der Waals surface area contributed by atoms with Crippen LogP contribution < -0.4 is 11.5 Å². The van der Waals surface area contributed by atoms with Gasteiger partial charge in [0.1, 0.15) is 22.8 Å². The Hall–Kier alpha value is -3.62. The fourth-order valence-electron chi connectivity index (χ4n) is 4.79. The van der Waals surface area contributed by atoms with E-state index in [1.54, 1.807) is 34.3 Å². The molecule has 4 N–H and O–H groups in total. The quantitative estimate of drug-likeness (QED) is 0.283. The standard InChI is InChI=1S/C16H28BNO4.C15H21N3O2.C5H5BrN2.2CH4/c1-14(2,3)20-13(19)18-10-8-12(9-11-18)17-21-15(4,5)16(6,7)22-17;1-15(2,3)20-14(19)18-8-6-11(7-9-18)12-4-5-13(16)17-10-12;6-4-1-2-5(7)8-3-4;;/h8H,9-11H2,1-7H3;4-6,10H,7-9H2,1-3H3,(H2,16,17);1-3H,(H2,7,8);2*1H4. The van der Waals surface area contributed by atoms with Gasteiger partial charge in [0.2, 0.25) is 0 Å². The molecule has 2 amide bonds. The molecule has 12 nitrogen and oxygen atoms in total. The van der Waals surface area contributed by atoms with Gasteiger partial charge in [-0.25, -0.2) is 19.6 Å². The molecule has 0 atom stereocenters. The minimum atomic E-state index is -0.465. The van der Waals surface area contributed by atoms with Gasteiger partial charge in [-0.2, -0.15) is 0 Å². The number of nitrogens with two attached hydrogens (primary N) is 2. The van der Waals surface area contributed by atoms with Gasteiger partial charge in [0.25, 0.3) is 0 Å². The molecule has 0 radical (unpaired) electrons. The number of carbonyl (C=O) groups is 2. The number of carbonyl (C=O) groups excluding carboxylic acids is 2. The normalized spacial score (nSPS) is 17.7. The molecule has 290 valence electrons. The average Bonchev–Trinajstić information content (AvgIpc) is 3.24. The zero-order chi connectivity index (χ0) is 37.5. The summed E-state index contributed by atoms with van der Waals surface area (Å²) < 4.78 is 23.8. The summed E-state index contributed by atoms with van der Waals surface area (Å²) in [6.45, 7) is 21.8. The van der Waals surface area contributed by atoms with Crippen molar-refractivity contribution in [3.8, 4) is 0 Å². The van der Waals surface area contributed by atoms with Crippen LogP contribution in [0.4, 0.5) is 21.2 Å². The van der Waals surface area contributed by atoms with Crippen LogP contribution in [-0.2, 0) is 18.8 Å². The number of ether oxygens (including phenoxy) is 2. The fraction of sp³-hybridized carbons (Fsp3) is 0.579. The van der Waals surface area contributed by atoms with Crippen LogP contribution >= 0.6 is 15.9 Å². The maximum Gasteiger partial charge on any atom is 0.490 e. The van der Waals surface area contributed by atoms with Crippen molar-refractivity contribution in [3.63, 3.8) is 0 Å². The fourth-order valence-corrected chi connectivity index (χ4v) is 5.03. The smallest absolute Gasteiger partial charge is 0.444 e. The molecule has 0 aliphatic carbocycles. The molecule has 0 saturated carbocycles. The lowest BCUT2D eigenvalue weighted by Crippen LogP contribution is -2.41. The Morgan fingerprint density at radius 3 is 1.58 bits per heavy atom. The van der Waals surface area contributed by atoms with Gasteiger partial charge in [0.15, 0.2) is 0 Å². The maximum atomic E-state index is 12.1. The van der Waals surface area contributed by atoms with E-state index >= 15 is 0 Å². The van der Waals surface area contributed by atoms with Gasteiger partial charge >= 0.3 is 19.3 Å². The van der Waals surface area contributed by atoms with E-state index in [1.807, 2.05) is 93.5 Å². The lowest BCUT2D eigenvalue weighted by molar-refractivity contribution is 0.00578. The monoisotopic (exact) mass is 788 g/mol. The van der Waals surface area contributed by atoms with Gasteiger partial charge in [0.05, 0.1) is 11.2 Å². The third-order valence-corrected chi connectivity index (χ3v) is 8.69. The third-order valence-electron chi connectivity index (χ3n) is 8.22. The summed E-state index contributed by atoms with van der Waals surface area (Å²) in [5.74, 6) is 1.06. The molecule has 52 heavy (non-hydrogen) atoms. The number of rotatable bonds is 2. The van der Waals surface area contributed by atoms with Crippen molar-refractivity contribution in [2.75, 3.05) is 37.6 Å². The molecule has 1 fully saturated rings. The van der Waals surface area contributed by atoms with Crippen LogP contribution in [0.2, 0.25) is 0 Å². The molecule has 0 bridgehead atoms. The van der Waals surface area contributed by atoms with Gasteiger partial charge < -0.3 is 40.0 Å². The Balaban J connectivity index is 0.000000417. The number of hydrogen-bond donors (Lipinski definition) is 2. The summed E-state index contributed by atoms with van der Waals surface area (Å²) in [5, 5.41) is 0. The van der Waals surface area contributed by atoms with Gasteiger partial charge in [-0.3, -0.25) is 0 Å². The molecule has 2 aromatic heterocycles. The first-order valence-corrected chi connectivity index (χ1v) is 17.6. The van der Waals surface area contributed by atoms with Crippen LogP contribution in [0.15, 0.2) is 58.8 Å². The number of nitrogen functional groups attached to an aromatic ring is 2. The lowest BCUT2D eigenvalue weighted by Gasteiger charge is -2.32. The van der Waals surface area contributed by atoms with Crippen molar-refractivity contribution in [3.05, 3.63) is 64.3 Å². The molecule has 0 spiro atoms. The van der Waals surface area contributed by atoms with Crippen LogP contribution in [0.1, 0.15) is 102 Å². The SMILES string of the molecule is C.C.CC(C)(C)OC(=O)N1CC=C(B2OC(C)(C)C(C)(C)O2)CC1.CC(C)(C)OC(=O)N1CC=C(c2ccc(N)nc2)CC1.Nc1ccc(Br)cn1. The highest BCUT2D eigenvalue weighted by Gasteiger charge is 2.52. The molecule has 3 aliphatic heterocycles. The van der Waals surface area contributed by atoms with E-state index in [2.05, 4.69) is 25.9 Å². The molecular weight excluding hydrogens is 727 g/mol. The van der Waals surface area contributed by atoms with Crippen molar-refractivity contribution >= 4 is 52.4 Å². The topological polar surface area (TPSA) is 155 Å². The number of hydrogen-bond acceptors (Lipinski definition) is 10. The Labute approximate surface area is 321 Å². The highest BCUT2D eigenvalue weighted by Crippen LogP contribution is 2.39. The van der Waals surface area contributed by atoms with E-state index in [4.69, 9.17) is 30.2 Å². The van der Waals surface area contributed by atoms with Crippen LogP contribution in [0.3, 0.4) is 0 Å². The summed E-state index contributed by atoms with van der Waals surface area (Å²) in [6.07, 6.45) is 8.51. The largest absolute Gasteiger partial charge is 0.490 e. The zero-order valence-electron chi connectivity index (χ0n) is 31.2. The highest BCUT2D eigenvalue weighted by molar-refractivity contribution is 9.10. The second-order valence-electron chi connectivity index (χ2n) is 15.3. The number of anilines is 2. The zero-order valence-corrected chi connectivity index (χ0v) is 32.8. The Kier molecular flexibility index (Phi) is 16.9. The Morgan fingerprint density at radius 1 is 0.769 bits per heavy atom. The maximum absolute atomic E-state index is 12.1. The summed E-state index contributed by atoms with van der Waals surface area (Å²) in [4.78, 5) is 35.3. The first kappa shape index (κ1) is 46.4. The average molecular weight is 790 g/mol. The summed E-state index contributed by atoms with van der Waals surface area (Å²) in [6, 6.07) is 7.33. The lowest BCUT2D eigenvalue weighted by atomic mass is 9.75. The van der Waals surface area contributed by atoms with E-state index in [0.717, 1.165) is 28.4 Å². The molecule has 5 heterocycles. The molecule has 5 rings (SSSR count). The Morgan fingerprint density at radius 2 is 1.23 bits per heavy atom. The van der Waals surface area contributed by atoms with Crippen molar-refractivity contribution in [1.29, 1.82) is 0 Å². The molecule has 0 aromatic carbocycles. The number of amides is 2. The van der Waals surface area contributed by atoms with Crippen LogP contribution in [0.5, 0.6) is 0 Å². The number of nitrogens with zero attached hydrogens (tertiary/aromatic N) is 4. The van der Waals surface area contributed by atoms with Gasteiger partial charge in [-0.15, -0.1) is 0 Å². The minimum Gasteiger partial charge on any atom is -0.444 e. The van der Waals surface area contributed by atoms with Gasteiger partial charge in [-0.05, 0) is 139 Å². The van der Waals surface area contributed by atoms with Gasteiger partial charge in [-0.1, -0.05) is 27.0 Å². The van der Waals surface area contributed by atoms with E-state index in [1.165, 1.54) is 5.57 Å². The van der Waals surface area contributed by atoms with Crippen LogP contribution in [0.25, 0.3) is 5.57 Å². The molecule has 14 heteroatoms. The Bertz CT molecular complexity index is 1480. The minimum absolute atomic E-state index is 0. The number of halogens is 1. The highest BCUT2D eigenvalue weighted by atomic mass is 79.9. The predicted molar refractivity (Wildman–Crippen MR) is 215 cm³/mol. The van der Waals surface area contributed by atoms with Crippen molar-refractivity contribution in [2.24, 2.45) is 0 Å². The van der Waals surface area contributed by atoms with Crippen molar-refractivity contribution in [2.45, 2.75) is 119 Å². The first-order chi connectivity index (χ1) is 23.0. The summed E-state index contributed by atoms with van der Waals surface area (Å²) >= 11 is 3.23. The summed E-state index contributed by atoms with van der Waals surface area (Å²) in [5.41, 5.74) is 12.6. The summed E-state index contributed by atoms with van der Waals surface area (Å²) in [7, 11) is -0.314. The van der Waals surface area contributed by atoms with E-state index in [0.29, 0.717) is 37.8 Å². The van der Waals surface area contributed by atoms with E-state index in [9.17, 15) is 9.59 Å². The van der Waals surface area contributed by atoms with E-state index in [-0.39, 0.29) is 45.4 Å². The van der Waals surface area contributed by atoms with Crippen molar-refractivity contribution in [1.82, 2.24) is 19.8 Å². The first-order valence-electron chi connectivity index (χ1n) is 16.8. The van der Waals surface area contributed by atoms with Gasteiger partial charge in [0, 0.05) is 43.0 Å². The molecule has 3 aliphatic rings. The predicted octanol–water partition coefficient (Wildman–Crippen LogP) is 8.57.